The minimum atomic E-state index is -5.03. The van der Waals surface area contributed by atoms with Crippen molar-refractivity contribution in [3.05, 3.63) is 75.4 Å². The first-order valence-corrected chi connectivity index (χ1v) is 11.6. The molecule has 1 aliphatic rings. The van der Waals surface area contributed by atoms with Crippen LogP contribution >= 0.6 is 11.6 Å². The molecule has 196 valence electrons. The lowest BCUT2D eigenvalue weighted by Crippen LogP contribution is -2.49. The molecule has 0 atom stereocenters. The minimum Gasteiger partial charge on any atom is -0.353 e. The lowest BCUT2D eigenvalue weighted by molar-refractivity contribution is -0.143. The van der Waals surface area contributed by atoms with E-state index in [4.69, 9.17) is 11.6 Å². The Bertz CT molecular complexity index is 1280. The van der Waals surface area contributed by atoms with Crippen LogP contribution in [0.5, 0.6) is 0 Å². The number of carbonyl (C=O) groups is 1. The van der Waals surface area contributed by atoms with E-state index in [1.54, 1.807) is 24.3 Å². The van der Waals surface area contributed by atoms with Crippen LogP contribution < -0.4 is 4.90 Å². The highest BCUT2D eigenvalue weighted by atomic mass is 35.5. The van der Waals surface area contributed by atoms with Crippen molar-refractivity contribution in [2.45, 2.75) is 26.2 Å². The fourth-order valence-electron chi connectivity index (χ4n) is 4.03. The lowest BCUT2D eigenvalue weighted by atomic mass is 10.0. The number of piperazine rings is 1. The largest absolute Gasteiger partial charge is 0.416 e. The van der Waals surface area contributed by atoms with E-state index in [9.17, 15) is 31.1 Å². The van der Waals surface area contributed by atoms with Crippen LogP contribution in [0, 0.1) is 13.8 Å². The van der Waals surface area contributed by atoms with Gasteiger partial charge in [-0.1, -0.05) is 11.6 Å². The van der Waals surface area contributed by atoms with Crippen LogP contribution in [0.1, 0.15) is 32.7 Å². The molecular formula is C25H21ClF6N4O. The number of alkyl halides is 6. The molecule has 1 aromatic heterocycles. The van der Waals surface area contributed by atoms with E-state index in [2.05, 4.69) is 9.97 Å². The van der Waals surface area contributed by atoms with Gasteiger partial charge in [-0.25, -0.2) is 9.97 Å². The van der Waals surface area contributed by atoms with Gasteiger partial charge in [-0.3, -0.25) is 4.79 Å². The van der Waals surface area contributed by atoms with E-state index in [0.717, 1.165) is 16.8 Å². The molecular weight excluding hydrogens is 522 g/mol. The Morgan fingerprint density at radius 2 is 1.38 bits per heavy atom. The average Bonchev–Trinajstić information content (AvgIpc) is 2.84. The first-order chi connectivity index (χ1) is 17.2. The molecule has 4 rings (SSSR count). The maximum Gasteiger partial charge on any atom is 0.416 e. The van der Waals surface area contributed by atoms with Crippen molar-refractivity contribution in [2.75, 3.05) is 31.1 Å². The Morgan fingerprint density at radius 1 is 0.838 bits per heavy atom. The van der Waals surface area contributed by atoms with Crippen LogP contribution in [0.15, 0.2) is 42.5 Å². The smallest absolute Gasteiger partial charge is 0.353 e. The topological polar surface area (TPSA) is 49.3 Å². The van der Waals surface area contributed by atoms with Crippen LogP contribution in [0.2, 0.25) is 5.02 Å². The molecule has 1 fully saturated rings. The summed E-state index contributed by atoms with van der Waals surface area (Å²) in [5, 5.41) is 0.566. The third kappa shape index (κ3) is 5.82. The fourth-order valence-corrected chi connectivity index (χ4v) is 4.16. The normalized spacial score (nSPS) is 14.7. The van der Waals surface area contributed by atoms with Gasteiger partial charge in [0.2, 0.25) is 0 Å². The lowest BCUT2D eigenvalue weighted by Gasteiger charge is -2.36. The van der Waals surface area contributed by atoms with Crippen LogP contribution in [0.4, 0.5) is 32.2 Å². The number of aryl methyl sites for hydroxylation is 1. The summed E-state index contributed by atoms with van der Waals surface area (Å²) in [6.45, 7) is 4.45. The highest BCUT2D eigenvalue weighted by Gasteiger charge is 2.38. The predicted octanol–water partition coefficient (Wildman–Crippen LogP) is 6.41. The van der Waals surface area contributed by atoms with Crippen LogP contribution in [0.25, 0.3) is 11.4 Å². The summed E-state index contributed by atoms with van der Waals surface area (Å²) < 4.78 is 79.3. The zero-order chi connectivity index (χ0) is 27.1. The van der Waals surface area contributed by atoms with E-state index >= 15 is 0 Å². The number of anilines is 1. The van der Waals surface area contributed by atoms with E-state index in [1.807, 2.05) is 18.7 Å². The molecule has 37 heavy (non-hydrogen) atoms. The third-order valence-corrected chi connectivity index (χ3v) is 6.42. The van der Waals surface area contributed by atoms with Crippen molar-refractivity contribution in [1.82, 2.24) is 14.9 Å². The molecule has 0 bridgehead atoms. The van der Waals surface area contributed by atoms with Crippen LogP contribution in [0.3, 0.4) is 0 Å². The average molecular weight is 543 g/mol. The van der Waals surface area contributed by atoms with E-state index in [0.29, 0.717) is 28.8 Å². The molecule has 2 heterocycles. The molecule has 0 saturated carbocycles. The highest BCUT2D eigenvalue weighted by molar-refractivity contribution is 6.30. The Kier molecular flexibility index (Phi) is 7.11. The van der Waals surface area contributed by atoms with Crippen molar-refractivity contribution in [3.8, 4) is 11.4 Å². The summed E-state index contributed by atoms with van der Waals surface area (Å²) >= 11 is 5.96. The van der Waals surface area contributed by atoms with Crippen LogP contribution in [-0.2, 0) is 12.4 Å². The summed E-state index contributed by atoms with van der Waals surface area (Å²) in [5.41, 5.74) is -1.37. The molecule has 1 aliphatic heterocycles. The first-order valence-electron chi connectivity index (χ1n) is 11.2. The van der Waals surface area contributed by atoms with Crippen molar-refractivity contribution in [1.29, 1.82) is 0 Å². The zero-order valence-corrected chi connectivity index (χ0v) is 20.5. The number of carbonyl (C=O) groups excluding carboxylic acids is 1. The third-order valence-electron chi connectivity index (χ3n) is 6.17. The van der Waals surface area contributed by atoms with E-state index < -0.39 is 35.0 Å². The molecule has 1 amide bonds. The minimum absolute atomic E-state index is 0.00715. The quantitative estimate of drug-likeness (QED) is 0.359. The van der Waals surface area contributed by atoms with Gasteiger partial charge >= 0.3 is 12.4 Å². The Labute approximate surface area is 213 Å². The molecule has 1 saturated heterocycles. The number of hydrogen-bond donors (Lipinski definition) is 0. The van der Waals surface area contributed by atoms with Gasteiger partial charge in [0.05, 0.1) is 11.1 Å². The maximum absolute atomic E-state index is 13.2. The van der Waals surface area contributed by atoms with Gasteiger partial charge in [-0.05, 0) is 56.3 Å². The van der Waals surface area contributed by atoms with Crippen molar-refractivity contribution >= 4 is 23.3 Å². The van der Waals surface area contributed by atoms with E-state index in [-0.39, 0.29) is 32.2 Å². The fraction of sp³-hybridized carbons (Fsp3) is 0.320. The summed E-state index contributed by atoms with van der Waals surface area (Å²) in [4.78, 5) is 25.3. The number of hydrogen-bond acceptors (Lipinski definition) is 4. The second-order valence-electron chi connectivity index (χ2n) is 8.66. The van der Waals surface area contributed by atoms with E-state index in [1.165, 1.54) is 4.90 Å². The van der Waals surface area contributed by atoms with Crippen molar-refractivity contribution < 1.29 is 31.1 Å². The summed E-state index contributed by atoms with van der Waals surface area (Å²) in [5.74, 6) is 0.230. The summed E-state index contributed by atoms with van der Waals surface area (Å²) in [6.07, 6.45) is -10.1. The van der Waals surface area contributed by atoms with Gasteiger partial charge in [0, 0.05) is 53.6 Å². The van der Waals surface area contributed by atoms with Gasteiger partial charge in [0.15, 0.2) is 5.82 Å². The number of halogens is 7. The number of nitrogens with zero attached hydrogens (tertiary/aromatic N) is 4. The second kappa shape index (κ2) is 9.85. The SMILES string of the molecule is Cc1nc(-c2ccc(Cl)cc2)nc(N2CCN(C(=O)c3cc(C(F)(F)F)cc(C(F)(F)F)c3)CC2)c1C. The van der Waals surface area contributed by atoms with Gasteiger partial charge in [-0.15, -0.1) is 0 Å². The Balaban J connectivity index is 1.56. The molecule has 0 aliphatic carbocycles. The zero-order valence-electron chi connectivity index (χ0n) is 19.7. The first kappa shape index (κ1) is 26.7. The molecule has 5 nitrogen and oxygen atoms in total. The molecule has 0 unspecified atom stereocenters. The summed E-state index contributed by atoms with van der Waals surface area (Å²) in [7, 11) is 0. The molecule has 3 aromatic rings. The van der Waals surface area contributed by atoms with Crippen molar-refractivity contribution in [2.24, 2.45) is 0 Å². The molecule has 0 radical (unpaired) electrons. The van der Waals surface area contributed by atoms with Gasteiger partial charge in [-0.2, -0.15) is 26.3 Å². The Morgan fingerprint density at radius 3 is 1.89 bits per heavy atom. The molecule has 2 aromatic carbocycles. The number of aromatic nitrogens is 2. The maximum atomic E-state index is 13.2. The standard InChI is InChI=1S/C25H21ClF6N4O/c1-14-15(2)33-21(16-3-5-20(26)6-4-16)34-22(14)35-7-9-36(10-8-35)23(37)17-11-18(24(27,28)29)13-19(12-17)25(30,31)32/h3-6,11-13H,7-10H2,1-2H3. The second-order valence-corrected chi connectivity index (χ2v) is 9.10. The van der Waals surface area contributed by atoms with Gasteiger partial charge in [0.1, 0.15) is 5.82 Å². The molecule has 0 spiro atoms. The van der Waals surface area contributed by atoms with Crippen LogP contribution in [-0.4, -0.2) is 47.0 Å². The van der Waals surface area contributed by atoms with Gasteiger partial charge in [0.25, 0.3) is 5.91 Å². The molecule has 0 N–H and O–H groups in total. The number of amides is 1. The number of rotatable bonds is 3. The highest BCUT2D eigenvalue weighted by Crippen LogP contribution is 2.36. The monoisotopic (exact) mass is 542 g/mol. The predicted molar refractivity (Wildman–Crippen MR) is 127 cm³/mol. The number of benzene rings is 2. The van der Waals surface area contributed by atoms with Gasteiger partial charge < -0.3 is 9.80 Å². The van der Waals surface area contributed by atoms with Crippen molar-refractivity contribution in [3.63, 3.8) is 0 Å². The molecule has 12 heteroatoms. The summed E-state index contributed by atoms with van der Waals surface area (Å²) in [6, 6.07) is 7.94. The Hall–Kier alpha value is -3.34.